The highest BCUT2D eigenvalue weighted by molar-refractivity contribution is 5.02. The molecule has 0 radical (unpaired) electrons. The standard InChI is InChI=1S/C16H22N2O5/c1-5-11-12(23-14(6-2)21-7-3)8-13(22-11)18-9-10(4)15(19)17-16(18)20/h2,9,11-14H,5,7-8H2,1,3-4H3,(H,17,19,20). The second kappa shape index (κ2) is 7.59. The highest BCUT2D eigenvalue weighted by atomic mass is 16.7. The molecule has 1 N–H and O–H groups in total. The number of ether oxygens (including phenoxy) is 3. The normalized spacial score (nSPS) is 25.2. The summed E-state index contributed by atoms with van der Waals surface area (Å²) in [7, 11) is 0. The van der Waals surface area contributed by atoms with E-state index < -0.39 is 23.8 Å². The second-order valence-corrected chi connectivity index (χ2v) is 5.38. The van der Waals surface area contributed by atoms with Crippen LogP contribution in [0.25, 0.3) is 0 Å². The molecular formula is C16H22N2O5. The lowest BCUT2D eigenvalue weighted by atomic mass is 10.1. The largest absolute Gasteiger partial charge is 0.352 e. The lowest BCUT2D eigenvalue weighted by molar-refractivity contribution is -0.148. The first-order chi connectivity index (χ1) is 11.0. The summed E-state index contributed by atoms with van der Waals surface area (Å²) in [6.07, 6.45) is 6.33. The van der Waals surface area contributed by atoms with Gasteiger partial charge in [-0.1, -0.05) is 6.92 Å². The fourth-order valence-corrected chi connectivity index (χ4v) is 2.61. The zero-order valence-corrected chi connectivity index (χ0v) is 13.6. The van der Waals surface area contributed by atoms with Crippen LogP contribution in [0.4, 0.5) is 0 Å². The van der Waals surface area contributed by atoms with E-state index in [0.29, 0.717) is 25.0 Å². The monoisotopic (exact) mass is 322 g/mol. The molecule has 126 valence electrons. The van der Waals surface area contributed by atoms with Crippen LogP contribution in [0.1, 0.15) is 38.5 Å². The summed E-state index contributed by atoms with van der Waals surface area (Å²) in [5.74, 6) is 2.44. The minimum atomic E-state index is -0.740. The molecule has 0 amide bonds. The Morgan fingerprint density at radius 2 is 2.26 bits per heavy atom. The van der Waals surface area contributed by atoms with Crippen molar-refractivity contribution in [2.45, 2.75) is 58.3 Å². The smallest absolute Gasteiger partial charge is 0.330 e. The van der Waals surface area contributed by atoms with Crippen molar-refractivity contribution in [1.82, 2.24) is 9.55 Å². The molecule has 0 spiro atoms. The Bertz CT molecular complexity index is 687. The van der Waals surface area contributed by atoms with Crippen LogP contribution in [-0.2, 0) is 14.2 Å². The third-order valence-electron chi connectivity index (χ3n) is 3.79. The second-order valence-electron chi connectivity index (χ2n) is 5.38. The van der Waals surface area contributed by atoms with Crippen molar-refractivity contribution in [3.05, 3.63) is 32.6 Å². The minimum absolute atomic E-state index is 0.199. The number of H-pyrrole nitrogens is 1. The van der Waals surface area contributed by atoms with Gasteiger partial charge in [-0.15, -0.1) is 6.42 Å². The van der Waals surface area contributed by atoms with Gasteiger partial charge in [-0.2, -0.15) is 0 Å². The van der Waals surface area contributed by atoms with Gasteiger partial charge in [-0.05, 0) is 26.2 Å². The molecule has 1 saturated heterocycles. The van der Waals surface area contributed by atoms with Crippen molar-refractivity contribution in [2.24, 2.45) is 0 Å². The fraction of sp³-hybridized carbons (Fsp3) is 0.625. The molecule has 0 saturated carbocycles. The molecule has 0 bridgehead atoms. The molecule has 7 nitrogen and oxygen atoms in total. The minimum Gasteiger partial charge on any atom is -0.352 e. The SMILES string of the molecule is C#CC(OCC)OC1CC(n2cc(C)c(=O)[nH]c2=O)OC1CC. The maximum Gasteiger partial charge on any atom is 0.330 e. The number of nitrogens with one attached hydrogen (secondary N) is 1. The quantitative estimate of drug-likeness (QED) is 0.622. The van der Waals surface area contributed by atoms with Gasteiger partial charge in [-0.25, -0.2) is 4.79 Å². The Kier molecular flexibility index (Phi) is 5.77. The van der Waals surface area contributed by atoms with Gasteiger partial charge in [-0.3, -0.25) is 14.3 Å². The van der Waals surface area contributed by atoms with Crippen LogP contribution in [0.3, 0.4) is 0 Å². The summed E-state index contributed by atoms with van der Waals surface area (Å²) in [4.78, 5) is 25.7. The maximum absolute atomic E-state index is 12.0. The van der Waals surface area contributed by atoms with Crippen LogP contribution in [0.15, 0.2) is 15.8 Å². The van der Waals surface area contributed by atoms with Gasteiger partial charge in [0.1, 0.15) is 6.23 Å². The van der Waals surface area contributed by atoms with Crippen LogP contribution in [0.2, 0.25) is 0 Å². The first-order valence-electron chi connectivity index (χ1n) is 7.70. The maximum atomic E-state index is 12.0. The highest BCUT2D eigenvalue weighted by Gasteiger charge is 2.37. The molecule has 1 aromatic heterocycles. The predicted octanol–water partition coefficient (Wildman–Crippen LogP) is 0.924. The molecule has 7 heteroatoms. The number of nitrogens with zero attached hydrogens (tertiary/aromatic N) is 1. The number of rotatable bonds is 6. The Morgan fingerprint density at radius 3 is 2.87 bits per heavy atom. The molecule has 23 heavy (non-hydrogen) atoms. The summed E-state index contributed by atoms with van der Waals surface area (Å²) >= 11 is 0. The number of aromatic amines is 1. The van der Waals surface area contributed by atoms with Gasteiger partial charge >= 0.3 is 5.69 Å². The topological polar surface area (TPSA) is 82.5 Å². The van der Waals surface area contributed by atoms with Crippen LogP contribution < -0.4 is 11.2 Å². The van der Waals surface area contributed by atoms with Crippen molar-refractivity contribution in [2.75, 3.05) is 6.61 Å². The summed E-state index contributed by atoms with van der Waals surface area (Å²) < 4.78 is 18.4. The summed E-state index contributed by atoms with van der Waals surface area (Å²) in [5, 5.41) is 0. The number of aryl methyl sites for hydroxylation is 1. The summed E-state index contributed by atoms with van der Waals surface area (Å²) in [5.41, 5.74) is -0.450. The Morgan fingerprint density at radius 1 is 1.52 bits per heavy atom. The number of hydrogen-bond donors (Lipinski definition) is 1. The van der Waals surface area contributed by atoms with Crippen molar-refractivity contribution in [1.29, 1.82) is 0 Å². The van der Waals surface area contributed by atoms with Gasteiger partial charge in [0.05, 0.1) is 12.2 Å². The lowest BCUT2D eigenvalue weighted by Crippen LogP contribution is -2.33. The Hall–Kier alpha value is -1.88. The zero-order chi connectivity index (χ0) is 17.0. The molecule has 1 aliphatic heterocycles. The molecular weight excluding hydrogens is 300 g/mol. The summed E-state index contributed by atoms with van der Waals surface area (Å²) in [6.45, 7) is 5.89. The molecule has 1 fully saturated rings. The van der Waals surface area contributed by atoms with Crippen LogP contribution in [0, 0.1) is 19.3 Å². The predicted molar refractivity (Wildman–Crippen MR) is 84.0 cm³/mol. The van der Waals surface area contributed by atoms with Crippen LogP contribution in [-0.4, -0.2) is 34.7 Å². The van der Waals surface area contributed by atoms with Gasteiger partial charge in [0.2, 0.25) is 6.29 Å². The Labute approximate surface area is 134 Å². The number of aromatic nitrogens is 2. The van der Waals surface area contributed by atoms with E-state index in [1.165, 1.54) is 10.8 Å². The first-order valence-corrected chi connectivity index (χ1v) is 7.70. The molecule has 1 aliphatic rings. The lowest BCUT2D eigenvalue weighted by Gasteiger charge is -2.20. The van der Waals surface area contributed by atoms with E-state index in [0.717, 1.165) is 0 Å². The molecule has 2 rings (SSSR count). The third kappa shape index (κ3) is 3.91. The van der Waals surface area contributed by atoms with Crippen molar-refractivity contribution < 1.29 is 14.2 Å². The van der Waals surface area contributed by atoms with E-state index in [4.69, 9.17) is 20.6 Å². The van der Waals surface area contributed by atoms with Crippen molar-refractivity contribution in [3.8, 4) is 12.3 Å². The number of hydrogen-bond acceptors (Lipinski definition) is 5. The number of terminal acetylenes is 1. The first kappa shape index (κ1) is 17.5. The molecule has 0 aliphatic carbocycles. The van der Waals surface area contributed by atoms with E-state index in [2.05, 4.69) is 10.9 Å². The molecule has 2 heterocycles. The van der Waals surface area contributed by atoms with E-state index in [1.807, 2.05) is 13.8 Å². The van der Waals surface area contributed by atoms with E-state index in [-0.39, 0.29) is 12.2 Å². The van der Waals surface area contributed by atoms with E-state index >= 15 is 0 Å². The van der Waals surface area contributed by atoms with Crippen LogP contribution >= 0.6 is 0 Å². The van der Waals surface area contributed by atoms with Crippen molar-refractivity contribution >= 4 is 0 Å². The van der Waals surface area contributed by atoms with Gasteiger partial charge in [0.25, 0.3) is 5.56 Å². The van der Waals surface area contributed by atoms with Gasteiger partial charge < -0.3 is 14.2 Å². The molecule has 4 atom stereocenters. The van der Waals surface area contributed by atoms with Gasteiger partial charge in [0.15, 0.2) is 0 Å². The van der Waals surface area contributed by atoms with Crippen LogP contribution in [0.5, 0.6) is 0 Å². The third-order valence-corrected chi connectivity index (χ3v) is 3.79. The average molecular weight is 322 g/mol. The Balaban J connectivity index is 2.19. The molecule has 0 aromatic carbocycles. The molecule has 1 aromatic rings. The zero-order valence-electron chi connectivity index (χ0n) is 13.6. The van der Waals surface area contributed by atoms with E-state index in [1.54, 1.807) is 6.92 Å². The summed E-state index contributed by atoms with van der Waals surface area (Å²) in [6, 6.07) is 0. The van der Waals surface area contributed by atoms with E-state index in [9.17, 15) is 9.59 Å². The fourth-order valence-electron chi connectivity index (χ4n) is 2.61. The average Bonchev–Trinajstić information content (AvgIpc) is 2.93. The highest BCUT2D eigenvalue weighted by Crippen LogP contribution is 2.32. The van der Waals surface area contributed by atoms with Crippen molar-refractivity contribution in [3.63, 3.8) is 0 Å². The van der Waals surface area contributed by atoms with Gasteiger partial charge in [0, 0.05) is 24.8 Å². The molecule has 4 unspecified atom stereocenters.